The van der Waals surface area contributed by atoms with Crippen molar-refractivity contribution < 1.29 is 26.2 Å². The molecule has 0 aliphatic heterocycles. The summed E-state index contributed by atoms with van der Waals surface area (Å²) in [6, 6.07) is 60.0. The van der Waals surface area contributed by atoms with Gasteiger partial charge in [-0.15, -0.1) is 29.3 Å². The summed E-state index contributed by atoms with van der Waals surface area (Å²) < 4.78 is 2.28. The number of aromatic nitrogens is 3. The standard InChI is InChI=1S/C64H64N3O.Pt/c1-61(2,3)46-31-32-56(51(36-46)42-25-18-14-19-26-42)67-57-30-22-29-49(58(57)66-60(67)52-37-48(63(7,8)9)38-54(59(52)68)64(10,11)12)44-33-45(35-47(34-44)62(4,5)6)55-39-50(41-23-16-13-17-24-41)53(40-65-55)43-27-20-15-21-28-43;/h13-32,34-40,68H,1-12H3;/q-1;. The number of rotatable bonds is 7. The number of aromatic hydroxyl groups is 1. The van der Waals surface area contributed by atoms with Gasteiger partial charge in [-0.05, 0) is 79.3 Å². The van der Waals surface area contributed by atoms with Gasteiger partial charge in [0.25, 0.3) is 0 Å². The van der Waals surface area contributed by atoms with E-state index in [2.05, 4.69) is 245 Å². The van der Waals surface area contributed by atoms with Gasteiger partial charge in [-0.3, -0.25) is 9.55 Å². The van der Waals surface area contributed by atoms with Crippen LogP contribution < -0.4 is 0 Å². The van der Waals surface area contributed by atoms with Gasteiger partial charge in [0.2, 0.25) is 0 Å². The predicted molar refractivity (Wildman–Crippen MR) is 287 cm³/mol. The molecule has 0 saturated heterocycles. The van der Waals surface area contributed by atoms with Crippen molar-refractivity contribution in [3.63, 3.8) is 0 Å². The Morgan fingerprint density at radius 3 is 1.54 bits per heavy atom. The molecule has 0 amide bonds. The topological polar surface area (TPSA) is 50.9 Å². The molecule has 69 heavy (non-hydrogen) atoms. The minimum Gasteiger partial charge on any atom is -0.507 e. The number of hydrogen-bond acceptors (Lipinski definition) is 3. The van der Waals surface area contributed by atoms with Crippen LogP contribution in [0.1, 0.15) is 105 Å². The summed E-state index contributed by atoms with van der Waals surface area (Å²) in [6.45, 7) is 26.8. The molecule has 1 N–H and O–H groups in total. The Hall–Kier alpha value is -6.35. The van der Waals surface area contributed by atoms with E-state index in [-0.39, 0.29) is 48.5 Å². The summed E-state index contributed by atoms with van der Waals surface area (Å²) in [4.78, 5) is 10.9. The molecule has 7 aromatic carbocycles. The largest absolute Gasteiger partial charge is 0.507 e. The third kappa shape index (κ3) is 9.79. The van der Waals surface area contributed by atoms with Crippen LogP contribution in [0.4, 0.5) is 0 Å². The van der Waals surface area contributed by atoms with Crippen molar-refractivity contribution in [1.82, 2.24) is 14.5 Å². The summed E-state index contributed by atoms with van der Waals surface area (Å²) in [6.07, 6.45) is 2.01. The third-order valence-electron chi connectivity index (χ3n) is 13.3. The quantitative estimate of drug-likeness (QED) is 0.162. The van der Waals surface area contributed by atoms with Gasteiger partial charge in [-0.1, -0.05) is 216 Å². The Bertz CT molecular complexity index is 3300. The van der Waals surface area contributed by atoms with Gasteiger partial charge in [-0.2, -0.15) is 0 Å². The van der Waals surface area contributed by atoms with Crippen LogP contribution >= 0.6 is 0 Å². The van der Waals surface area contributed by atoms with Gasteiger partial charge in [0.1, 0.15) is 11.6 Å². The number of phenols is 1. The zero-order valence-corrected chi connectivity index (χ0v) is 44.5. The monoisotopic (exact) mass is 1090 g/mol. The molecule has 0 unspecified atom stereocenters. The Kier molecular flexibility index (Phi) is 13.2. The summed E-state index contributed by atoms with van der Waals surface area (Å²) in [5, 5.41) is 12.6. The second-order valence-corrected chi connectivity index (χ2v) is 22.5. The van der Waals surface area contributed by atoms with Crippen molar-refractivity contribution in [1.29, 1.82) is 0 Å². The summed E-state index contributed by atoms with van der Waals surface area (Å²) in [5.41, 5.74) is 17.4. The first-order valence-corrected chi connectivity index (χ1v) is 24.0. The zero-order valence-electron chi connectivity index (χ0n) is 42.2. The number of imidazole rings is 1. The third-order valence-corrected chi connectivity index (χ3v) is 13.3. The fourth-order valence-corrected chi connectivity index (χ4v) is 9.19. The Balaban J connectivity index is 0.00000642. The van der Waals surface area contributed by atoms with E-state index in [9.17, 15) is 5.11 Å². The van der Waals surface area contributed by atoms with Crippen LogP contribution in [0.25, 0.3) is 83.9 Å². The van der Waals surface area contributed by atoms with E-state index in [0.717, 1.165) is 83.6 Å². The fourth-order valence-electron chi connectivity index (χ4n) is 9.19. The number of fused-ring (bicyclic) bond motifs is 1. The number of nitrogens with zero attached hydrogens (tertiary/aromatic N) is 3. The van der Waals surface area contributed by atoms with E-state index in [1.165, 1.54) is 11.1 Å². The first-order valence-electron chi connectivity index (χ1n) is 24.0. The number of hydrogen-bond donors (Lipinski definition) is 1. The van der Waals surface area contributed by atoms with Crippen LogP contribution in [0.2, 0.25) is 0 Å². The first-order chi connectivity index (χ1) is 32.2. The second kappa shape index (κ2) is 18.5. The van der Waals surface area contributed by atoms with E-state index in [1.807, 2.05) is 12.3 Å². The van der Waals surface area contributed by atoms with Gasteiger partial charge >= 0.3 is 0 Å². The molecule has 4 nitrogen and oxygen atoms in total. The molecular formula is C64H64N3OPt-. The molecule has 0 saturated carbocycles. The molecule has 0 bridgehead atoms. The summed E-state index contributed by atoms with van der Waals surface area (Å²) in [7, 11) is 0. The number of benzene rings is 7. The van der Waals surface area contributed by atoms with Gasteiger partial charge in [0.15, 0.2) is 0 Å². The van der Waals surface area contributed by atoms with Gasteiger partial charge < -0.3 is 5.11 Å². The summed E-state index contributed by atoms with van der Waals surface area (Å²) in [5.74, 6) is 0.930. The van der Waals surface area contributed by atoms with Crippen molar-refractivity contribution >= 4 is 11.0 Å². The van der Waals surface area contributed by atoms with E-state index in [4.69, 9.17) is 9.97 Å². The van der Waals surface area contributed by atoms with E-state index in [1.54, 1.807) is 0 Å². The van der Waals surface area contributed by atoms with E-state index >= 15 is 0 Å². The maximum atomic E-state index is 12.6. The van der Waals surface area contributed by atoms with Crippen LogP contribution in [0.3, 0.4) is 0 Å². The second-order valence-electron chi connectivity index (χ2n) is 22.5. The SMILES string of the molecule is CC(C)(C)c1cc(-c2cc(-c3ccccc3)c(-c3ccccc3)cn2)[c-]c(-c2cccc3c2nc(-c2cc(C(C)(C)C)cc(C(C)(C)C)c2O)n3-c2ccc(C(C)(C)C)cc2-c2ccccc2)c1.[Pt]. The van der Waals surface area contributed by atoms with Crippen molar-refractivity contribution in [3.05, 3.63) is 192 Å². The molecule has 2 aromatic heterocycles. The average Bonchev–Trinajstić information content (AvgIpc) is 3.70. The molecule has 0 radical (unpaired) electrons. The van der Waals surface area contributed by atoms with Crippen molar-refractivity contribution in [2.45, 2.75) is 105 Å². The predicted octanol–water partition coefficient (Wildman–Crippen LogP) is 17.1. The van der Waals surface area contributed by atoms with Crippen LogP contribution in [0, 0.1) is 6.07 Å². The molecule has 0 aliphatic rings. The molecule has 0 spiro atoms. The van der Waals surface area contributed by atoms with Crippen molar-refractivity contribution in [3.8, 4) is 78.6 Å². The van der Waals surface area contributed by atoms with Crippen molar-refractivity contribution in [2.75, 3.05) is 0 Å². The Morgan fingerprint density at radius 1 is 0.449 bits per heavy atom. The maximum absolute atomic E-state index is 12.6. The number of para-hydroxylation sites is 1. The van der Waals surface area contributed by atoms with E-state index < -0.39 is 0 Å². The fraction of sp³-hybridized carbons (Fsp3) is 0.250. The average molecular weight is 1090 g/mol. The smallest absolute Gasteiger partial charge is 0.148 e. The van der Waals surface area contributed by atoms with Crippen LogP contribution in [0.5, 0.6) is 5.75 Å². The molecule has 352 valence electrons. The van der Waals surface area contributed by atoms with Gasteiger partial charge in [0.05, 0.1) is 22.3 Å². The molecule has 0 fully saturated rings. The molecular weight excluding hydrogens is 1020 g/mol. The van der Waals surface area contributed by atoms with Crippen molar-refractivity contribution in [2.24, 2.45) is 0 Å². The molecule has 9 rings (SSSR count). The molecule has 9 aromatic rings. The number of phenolic OH excluding ortho intramolecular Hbond substituents is 1. The normalized spacial score (nSPS) is 12.3. The van der Waals surface area contributed by atoms with Gasteiger partial charge in [0, 0.05) is 49.6 Å². The van der Waals surface area contributed by atoms with Gasteiger partial charge in [-0.25, -0.2) is 4.98 Å². The molecule has 0 aliphatic carbocycles. The molecule has 2 heterocycles. The minimum atomic E-state index is -0.335. The summed E-state index contributed by atoms with van der Waals surface area (Å²) >= 11 is 0. The first kappa shape index (κ1) is 49.1. The molecule has 5 heteroatoms. The van der Waals surface area contributed by atoms with Crippen LogP contribution in [-0.2, 0) is 42.7 Å². The van der Waals surface area contributed by atoms with Crippen LogP contribution in [0.15, 0.2) is 164 Å². The maximum Gasteiger partial charge on any atom is 0.148 e. The Labute approximate surface area is 424 Å². The number of pyridine rings is 1. The zero-order chi connectivity index (χ0) is 48.3. The Morgan fingerprint density at radius 2 is 0.971 bits per heavy atom. The molecule has 0 atom stereocenters. The minimum absolute atomic E-state index is 0. The van der Waals surface area contributed by atoms with E-state index in [0.29, 0.717) is 11.4 Å². The van der Waals surface area contributed by atoms with Crippen LogP contribution in [-0.4, -0.2) is 19.6 Å².